The molecule has 0 N–H and O–H groups in total. The van der Waals surface area contributed by atoms with Gasteiger partial charge in [0.15, 0.2) is 0 Å². The second kappa shape index (κ2) is 8.47. The monoisotopic (exact) mass is 454 g/mol. The number of thiophene rings is 1. The van der Waals surface area contributed by atoms with E-state index in [2.05, 4.69) is 33.4 Å². The van der Waals surface area contributed by atoms with E-state index in [4.69, 9.17) is 13.6 Å². The van der Waals surface area contributed by atoms with Gasteiger partial charge in [0.2, 0.25) is 11.8 Å². The molecule has 0 spiro atoms. The highest BCUT2D eigenvalue weighted by atomic mass is 32.2. The van der Waals surface area contributed by atoms with Crippen molar-refractivity contribution >= 4 is 23.1 Å². The number of fused-ring (bicyclic) bond motifs is 1. The molecule has 0 bridgehead atoms. The van der Waals surface area contributed by atoms with Gasteiger partial charge in [0.25, 0.3) is 11.1 Å². The number of aromatic nitrogens is 4. The molecule has 7 nitrogen and oxygen atoms in total. The first-order valence-electron chi connectivity index (χ1n) is 10.2. The van der Waals surface area contributed by atoms with E-state index >= 15 is 0 Å². The number of aryl methyl sites for hydroxylation is 1. The zero-order chi connectivity index (χ0) is 21.4. The molecule has 1 aromatic carbocycles. The number of nitrogens with zero attached hydrogens (tertiary/aromatic N) is 4. The largest absolute Gasteiger partial charge is 0.497 e. The van der Waals surface area contributed by atoms with Gasteiger partial charge in [0.1, 0.15) is 5.75 Å². The Labute approximate surface area is 188 Å². The van der Waals surface area contributed by atoms with Gasteiger partial charge < -0.3 is 13.6 Å². The van der Waals surface area contributed by atoms with Gasteiger partial charge in [-0.25, -0.2) is 0 Å². The van der Waals surface area contributed by atoms with Crippen LogP contribution in [0.15, 0.2) is 44.4 Å². The summed E-state index contributed by atoms with van der Waals surface area (Å²) in [6.07, 6.45) is 3.52. The van der Waals surface area contributed by atoms with Crippen molar-refractivity contribution in [2.45, 2.75) is 43.6 Å². The van der Waals surface area contributed by atoms with Gasteiger partial charge in [-0.2, -0.15) is 0 Å². The Balaban J connectivity index is 1.28. The van der Waals surface area contributed by atoms with Crippen LogP contribution in [-0.4, -0.2) is 27.5 Å². The maximum Gasteiger partial charge on any atom is 0.277 e. The summed E-state index contributed by atoms with van der Waals surface area (Å²) < 4.78 is 17.0. The predicted molar refractivity (Wildman–Crippen MR) is 119 cm³/mol. The van der Waals surface area contributed by atoms with Crippen LogP contribution in [0.1, 0.15) is 41.8 Å². The van der Waals surface area contributed by atoms with Crippen LogP contribution in [0.3, 0.4) is 0 Å². The van der Waals surface area contributed by atoms with Crippen molar-refractivity contribution in [2.24, 2.45) is 5.92 Å². The average molecular weight is 455 g/mol. The predicted octanol–water partition coefficient (Wildman–Crippen LogP) is 5.83. The molecule has 0 saturated heterocycles. The van der Waals surface area contributed by atoms with Gasteiger partial charge >= 0.3 is 0 Å². The van der Waals surface area contributed by atoms with Crippen LogP contribution in [0.5, 0.6) is 5.75 Å². The SMILES string of the molecule is COc1ccc(-c2nnc([C@@H](C)Sc3nnc(-c4cc5c(s4)CC[C@@H](C)C5)o3)o2)cc1. The lowest BCUT2D eigenvalue weighted by molar-refractivity contribution is 0.415. The highest BCUT2D eigenvalue weighted by Crippen LogP contribution is 2.39. The maximum atomic E-state index is 5.93. The number of ether oxygens (including phenoxy) is 1. The average Bonchev–Trinajstić information content (AvgIpc) is 3.52. The summed E-state index contributed by atoms with van der Waals surface area (Å²) in [7, 11) is 1.63. The molecule has 0 fully saturated rings. The van der Waals surface area contributed by atoms with Crippen molar-refractivity contribution in [1.82, 2.24) is 20.4 Å². The number of methoxy groups -OCH3 is 1. The van der Waals surface area contributed by atoms with E-state index in [0.717, 1.165) is 34.9 Å². The summed E-state index contributed by atoms with van der Waals surface area (Å²) in [6.45, 7) is 4.28. The van der Waals surface area contributed by atoms with Gasteiger partial charge in [-0.3, -0.25) is 0 Å². The number of hydrogen-bond donors (Lipinski definition) is 0. The highest BCUT2D eigenvalue weighted by Gasteiger charge is 2.23. The molecule has 0 aliphatic heterocycles. The Hall–Kier alpha value is -2.65. The van der Waals surface area contributed by atoms with Crippen molar-refractivity contribution in [3.63, 3.8) is 0 Å². The van der Waals surface area contributed by atoms with E-state index in [0.29, 0.717) is 22.9 Å². The van der Waals surface area contributed by atoms with Crippen LogP contribution in [-0.2, 0) is 12.8 Å². The maximum absolute atomic E-state index is 5.93. The Morgan fingerprint density at radius 3 is 2.71 bits per heavy atom. The summed E-state index contributed by atoms with van der Waals surface area (Å²) >= 11 is 3.18. The van der Waals surface area contributed by atoms with Crippen molar-refractivity contribution in [2.75, 3.05) is 7.11 Å². The van der Waals surface area contributed by atoms with E-state index in [1.165, 1.54) is 28.6 Å². The lowest BCUT2D eigenvalue weighted by Crippen LogP contribution is -2.07. The molecule has 31 heavy (non-hydrogen) atoms. The smallest absolute Gasteiger partial charge is 0.277 e. The first-order chi connectivity index (χ1) is 15.1. The summed E-state index contributed by atoms with van der Waals surface area (Å²) in [5.41, 5.74) is 2.27. The second-order valence-electron chi connectivity index (χ2n) is 7.71. The van der Waals surface area contributed by atoms with Crippen LogP contribution in [0, 0.1) is 5.92 Å². The number of thioether (sulfide) groups is 1. The molecule has 3 heterocycles. The molecule has 0 amide bonds. The van der Waals surface area contributed by atoms with E-state index < -0.39 is 0 Å². The quantitative estimate of drug-likeness (QED) is 0.336. The molecule has 0 radical (unpaired) electrons. The van der Waals surface area contributed by atoms with Crippen molar-refractivity contribution < 1.29 is 13.6 Å². The lowest BCUT2D eigenvalue weighted by atomic mass is 9.90. The summed E-state index contributed by atoms with van der Waals surface area (Å²) in [6, 6.07) is 9.71. The highest BCUT2D eigenvalue weighted by molar-refractivity contribution is 7.99. The van der Waals surface area contributed by atoms with E-state index in [9.17, 15) is 0 Å². The molecule has 4 aromatic rings. The first kappa shape index (κ1) is 20.3. The van der Waals surface area contributed by atoms with Gasteiger partial charge in [0.05, 0.1) is 17.2 Å². The zero-order valence-electron chi connectivity index (χ0n) is 17.5. The number of hydrogen-bond acceptors (Lipinski definition) is 9. The minimum Gasteiger partial charge on any atom is -0.497 e. The van der Waals surface area contributed by atoms with Crippen LogP contribution in [0.2, 0.25) is 0 Å². The summed E-state index contributed by atoms with van der Waals surface area (Å²) in [5, 5.41) is 17.2. The van der Waals surface area contributed by atoms with Crippen LogP contribution < -0.4 is 4.74 Å². The molecule has 9 heteroatoms. The molecule has 3 aromatic heterocycles. The van der Waals surface area contributed by atoms with Crippen LogP contribution in [0.25, 0.3) is 22.2 Å². The normalized spacial score (nSPS) is 16.8. The standard InChI is InChI=1S/C22H22N4O3S2/c1-12-4-9-17-15(10-12)11-18(31-17)21-25-26-22(29-21)30-13(2)19-23-24-20(28-19)14-5-7-16(27-3)8-6-14/h5-8,11-13H,4,9-10H2,1-3H3/t12-,13-/m1/s1. The fraction of sp³-hybridized carbons (Fsp3) is 0.364. The third-order valence-corrected chi connectivity index (χ3v) is 7.50. The van der Waals surface area contributed by atoms with Gasteiger partial charge in [-0.1, -0.05) is 18.7 Å². The first-order valence-corrected chi connectivity index (χ1v) is 11.9. The molecule has 2 atom stereocenters. The fourth-order valence-electron chi connectivity index (χ4n) is 3.62. The fourth-order valence-corrected chi connectivity index (χ4v) is 5.46. The Morgan fingerprint density at radius 1 is 1.10 bits per heavy atom. The third kappa shape index (κ3) is 4.24. The van der Waals surface area contributed by atoms with Crippen molar-refractivity contribution in [3.8, 4) is 28.0 Å². The van der Waals surface area contributed by atoms with E-state index in [1.54, 1.807) is 18.4 Å². The molecule has 1 aliphatic rings. The Morgan fingerprint density at radius 2 is 1.90 bits per heavy atom. The Kier molecular flexibility index (Phi) is 5.54. The molecule has 1 aliphatic carbocycles. The topological polar surface area (TPSA) is 87.1 Å². The number of rotatable bonds is 6. The molecule has 5 rings (SSSR count). The summed E-state index contributed by atoms with van der Waals surface area (Å²) in [5.74, 6) is 3.07. The number of benzene rings is 1. The lowest BCUT2D eigenvalue weighted by Gasteiger charge is -2.16. The van der Waals surface area contributed by atoms with Crippen molar-refractivity contribution in [1.29, 1.82) is 0 Å². The van der Waals surface area contributed by atoms with Gasteiger partial charge in [-0.15, -0.1) is 31.7 Å². The molecule has 160 valence electrons. The minimum atomic E-state index is -0.120. The van der Waals surface area contributed by atoms with Gasteiger partial charge in [0, 0.05) is 10.4 Å². The van der Waals surface area contributed by atoms with Crippen LogP contribution in [0.4, 0.5) is 0 Å². The molecule has 0 saturated carbocycles. The van der Waals surface area contributed by atoms with E-state index in [-0.39, 0.29) is 5.25 Å². The Bertz CT molecular complexity index is 1180. The second-order valence-corrected chi connectivity index (χ2v) is 10.1. The van der Waals surface area contributed by atoms with Crippen molar-refractivity contribution in [3.05, 3.63) is 46.7 Å². The zero-order valence-corrected chi connectivity index (χ0v) is 19.1. The van der Waals surface area contributed by atoms with Crippen LogP contribution >= 0.6 is 23.1 Å². The van der Waals surface area contributed by atoms with E-state index in [1.807, 2.05) is 31.2 Å². The minimum absolute atomic E-state index is 0.120. The molecule has 0 unspecified atom stereocenters. The third-order valence-electron chi connectivity index (χ3n) is 5.35. The molecular weight excluding hydrogens is 432 g/mol. The molecular formula is C22H22N4O3S2. The van der Waals surface area contributed by atoms with Gasteiger partial charge in [-0.05, 0) is 68.0 Å². The summed E-state index contributed by atoms with van der Waals surface area (Å²) in [4.78, 5) is 2.50.